The first-order chi connectivity index (χ1) is 9.35. The van der Waals surface area contributed by atoms with Crippen LogP contribution in [0.25, 0.3) is 0 Å². The van der Waals surface area contributed by atoms with E-state index in [-0.39, 0.29) is 23.7 Å². The molecule has 0 bridgehead atoms. The Morgan fingerprint density at radius 3 is 2.60 bits per heavy atom. The predicted molar refractivity (Wildman–Crippen MR) is 76.5 cm³/mol. The minimum atomic E-state index is -0.261. The maximum atomic E-state index is 12.0. The molecule has 6 heteroatoms. The number of hydrogen-bond donors (Lipinski definition) is 2. The van der Waals surface area contributed by atoms with Crippen molar-refractivity contribution in [2.24, 2.45) is 0 Å². The van der Waals surface area contributed by atoms with Crippen molar-refractivity contribution >= 4 is 5.91 Å². The van der Waals surface area contributed by atoms with Gasteiger partial charge in [-0.1, -0.05) is 12.1 Å². The van der Waals surface area contributed by atoms with Crippen LogP contribution >= 0.6 is 0 Å². The summed E-state index contributed by atoms with van der Waals surface area (Å²) in [6, 6.07) is 0. The third kappa shape index (κ3) is 3.58. The molecule has 0 fully saturated rings. The van der Waals surface area contributed by atoms with Gasteiger partial charge in [-0.25, -0.2) is 0 Å². The lowest BCUT2D eigenvalue weighted by atomic mass is 9.93. The van der Waals surface area contributed by atoms with E-state index in [1.54, 1.807) is 6.92 Å². The second kappa shape index (κ2) is 6.85. The molecular formula is C14H25N3O3. The van der Waals surface area contributed by atoms with E-state index in [1.165, 1.54) is 0 Å². The number of rotatable bonds is 7. The van der Waals surface area contributed by atoms with E-state index in [2.05, 4.69) is 29.2 Å². The zero-order chi connectivity index (χ0) is 15.3. The molecule has 20 heavy (non-hydrogen) atoms. The fraction of sp³-hybridized carbons (Fsp3) is 0.714. The molecule has 1 rings (SSSR count). The minimum Gasteiger partial charge on any atom is -0.388 e. The summed E-state index contributed by atoms with van der Waals surface area (Å²) in [4.78, 5) is 14.2. The number of nitrogens with zero attached hydrogens (tertiary/aromatic N) is 2. The first-order valence-corrected chi connectivity index (χ1v) is 6.87. The Hall–Kier alpha value is -1.40. The molecule has 1 amide bonds. The second-order valence-electron chi connectivity index (χ2n) is 5.49. The molecule has 1 aromatic heterocycles. The molecule has 0 saturated carbocycles. The molecule has 0 radical (unpaired) electrons. The number of aromatic nitrogens is 1. The average Bonchev–Trinajstić information content (AvgIpc) is 2.79. The SMILES string of the molecule is CCC(C)(CCNC(=O)c1noc(CO)c1C)N(C)C. The van der Waals surface area contributed by atoms with Gasteiger partial charge in [0.2, 0.25) is 0 Å². The Labute approximate surface area is 120 Å². The lowest BCUT2D eigenvalue weighted by Gasteiger charge is -2.35. The van der Waals surface area contributed by atoms with Crippen LogP contribution < -0.4 is 5.32 Å². The largest absolute Gasteiger partial charge is 0.388 e. The molecule has 6 nitrogen and oxygen atoms in total. The van der Waals surface area contributed by atoms with Gasteiger partial charge in [0.25, 0.3) is 5.91 Å². The lowest BCUT2D eigenvalue weighted by molar-refractivity contribution is 0.0927. The maximum absolute atomic E-state index is 12.0. The molecule has 0 aliphatic heterocycles. The van der Waals surface area contributed by atoms with E-state index < -0.39 is 0 Å². The van der Waals surface area contributed by atoms with Gasteiger partial charge in [0.05, 0.1) is 0 Å². The quantitative estimate of drug-likeness (QED) is 0.789. The van der Waals surface area contributed by atoms with E-state index in [4.69, 9.17) is 9.63 Å². The Balaban J connectivity index is 2.58. The zero-order valence-electron chi connectivity index (χ0n) is 13.0. The maximum Gasteiger partial charge on any atom is 0.273 e. The van der Waals surface area contributed by atoms with Crippen molar-refractivity contribution in [3.05, 3.63) is 17.0 Å². The van der Waals surface area contributed by atoms with Crippen molar-refractivity contribution in [2.45, 2.75) is 45.8 Å². The van der Waals surface area contributed by atoms with Crippen LogP contribution in [0, 0.1) is 6.92 Å². The average molecular weight is 283 g/mol. The van der Waals surface area contributed by atoms with Crippen LogP contribution in [0.1, 0.15) is 48.5 Å². The van der Waals surface area contributed by atoms with Gasteiger partial charge in [-0.05, 0) is 40.8 Å². The zero-order valence-corrected chi connectivity index (χ0v) is 13.0. The van der Waals surface area contributed by atoms with Crippen molar-refractivity contribution in [3.8, 4) is 0 Å². The molecule has 0 aliphatic rings. The Morgan fingerprint density at radius 2 is 2.15 bits per heavy atom. The molecule has 1 unspecified atom stereocenters. The van der Waals surface area contributed by atoms with Crippen LogP contribution in [-0.2, 0) is 6.61 Å². The van der Waals surface area contributed by atoms with Gasteiger partial charge in [0.15, 0.2) is 11.5 Å². The third-order valence-electron chi connectivity index (χ3n) is 4.17. The normalized spacial score (nSPS) is 14.3. The molecule has 2 N–H and O–H groups in total. The summed E-state index contributed by atoms with van der Waals surface area (Å²) in [5, 5.41) is 15.6. The van der Waals surface area contributed by atoms with Crippen molar-refractivity contribution in [1.82, 2.24) is 15.4 Å². The monoisotopic (exact) mass is 283 g/mol. The summed E-state index contributed by atoms with van der Waals surface area (Å²) in [6.45, 7) is 6.34. The molecule has 0 aliphatic carbocycles. The van der Waals surface area contributed by atoms with Crippen LogP contribution in [0.3, 0.4) is 0 Å². The highest BCUT2D eigenvalue weighted by atomic mass is 16.5. The summed E-state index contributed by atoms with van der Waals surface area (Å²) in [5.41, 5.74) is 0.899. The number of aliphatic hydroxyl groups excluding tert-OH is 1. The minimum absolute atomic E-state index is 0.0579. The van der Waals surface area contributed by atoms with E-state index >= 15 is 0 Å². The standard InChI is InChI=1S/C14H25N3O3/c1-6-14(3,17(4)5)7-8-15-13(19)12-10(2)11(9-18)20-16-12/h18H,6-9H2,1-5H3,(H,15,19). The smallest absolute Gasteiger partial charge is 0.273 e. The topological polar surface area (TPSA) is 78.6 Å². The van der Waals surface area contributed by atoms with E-state index in [1.807, 2.05) is 14.1 Å². The third-order valence-corrected chi connectivity index (χ3v) is 4.17. The number of carbonyl (C=O) groups is 1. The van der Waals surface area contributed by atoms with Crippen LogP contribution in [0.4, 0.5) is 0 Å². The summed E-state index contributed by atoms with van der Waals surface area (Å²) < 4.78 is 4.90. The van der Waals surface area contributed by atoms with Gasteiger partial charge in [0, 0.05) is 17.6 Å². The molecule has 114 valence electrons. The van der Waals surface area contributed by atoms with Gasteiger partial charge in [-0.15, -0.1) is 0 Å². The number of nitrogens with one attached hydrogen (secondary N) is 1. The predicted octanol–water partition coefficient (Wildman–Crippen LogP) is 1.33. The molecular weight excluding hydrogens is 258 g/mol. The fourth-order valence-corrected chi connectivity index (χ4v) is 1.97. The summed E-state index contributed by atoms with van der Waals surface area (Å²) in [5.74, 6) is 0.0741. The number of amides is 1. The molecule has 0 aromatic carbocycles. The highest BCUT2D eigenvalue weighted by Crippen LogP contribution is 2.20. The van der Waals surface area contributed by atoms with Gasteiger partial charge in [-0.3, -0.25) is 4.79 Å². The number of aliphatic hydroxyl groups is 1. The van der Waals surface area contributed by atoms with Crippen molar-refractivity contribution in [2.75, 3.05) is 20.6 Å². The Bertz CT molecular complexity index is 457. The van der Waals surface area contributed by atoms with Gasteiger partial charge < -0.3 is 19.8 Å². The molecule has 1 heterocycles. The highest BCUT2D eigenvalue weighted by molar-refractivity contribution is 5.93. The van der Waals surface area contributed by atoms with Crippen LogP contribution in [0.5, 0.6) is 0 Å². The fourth-order valence-electron chi connectivity index (χ4n) is 1.97. The van der Waals surface area contributed by atoms with Crippen molar-refractivity contribution < 1.29 is 14.4 Å². The van der Waals surface area contributed by atoms with Crippen molar-refractivity contribution in [3.63, 3.8) is 0 Å². The van der Waals surface area contributed by atoms with Gasteiger partial charge in [0.1, 0.15) is 6.61 Å². The van der Waals surface area contributed by atoms with E-state index in [0.29, 0.717) is 17.9 Å². The molecule has 1 aromatic rings. The Morgan fingerprint density at radius 1 is 1.50 bits per heavy atom. The highest BCUT2D eigenvalue weighted by Gasteiger charge is 2.25. The number of carbonyl (C=O) groups excluding carboxylic acids is 1. The second-order valence-corrected chi connectivity index (χ2v) is 5.49. The van der Waals surface area contributed by atoms with E-state index in [0.717, 1.165) is 12.8 Å². The molecule has 0 saturated heterocycles. The van der Waals surface area contributed by atoms with Gasteiger partial charge >= 0.3 is 0 Å². The van der Waals surface area contributed by atoms with E-state index in [9.17, 15) is 4.79 Å². The lowest BCUT2D eigenvalue weighted by Crippen LogP contribution is -2.43. The van der Waals surface area contributed by atoms with Crippen molar-refractivity contribution in [1.29, 1.82) is 0 Å². The summed E-state index contributed by atoms with van der Waals surface area (Å²) >= 11 is 0. The Kier molecular flexibility index (Phi) is 5.71. The first kappa shape index (κ1) is 16.7. The van der Waals surface area contributed by atoms with Crippen LogP contribution in [0.2, 0.25) is 0 Å². The first-order valence-electron chi connectivity index (χ1n) is 6.87. The summed E-state index contributed by atoms with van der Waals surface area (Å²) in [7, 11) is 4.08. The van der Waals surface area contributed by atoms with Crippen LogP contribution in [-0.4, -0.2) is 47.2 Å². The number of hydrogen-bond acceptors (Lipinski definition) is 5. The van der Waals surface area contributed by atoms with Gasteiger partial charge in [-0.2, -0.15) is 0 Å². The molecule has 1 atom stereocenters. The molecule has 0 spiro atoms. The summed E-state index contributed by atoms with van der Waals surface area (Å²) in [6.07, 6.45) is 1.86. The van der Waals surface area contributed by atoms with Crippen LogP contribution in [0.15, 0.2) is 4.52 Å².